The van der Waals surface area contributed by atoms with Crippen molar-refractivity contribution in [1.29, 1.82) is 0 Å². The second-order valence-corrected chi connectivity index (χ2v) is 5.99. The van der Waals surface area contributed by atoms with Crippen molar-refractivity contribution in [3.05, 3.63) is 30.0 Å². The van der Waals surface area contributed by atoms with Crippen LogP contribution in [0.25, 0.3) is 10.8 Å². The highest BCUT2D eigenvalue weighted by Crippen LogP contribution is 2.34. The van der Waals surface area contributed by atoms with Crippen LogP contribution in [0.15, 0.2) is 24.4 Å². The molecule has 2 heterocycles. The zero-order valence-electron chi connectivity index (χ0n) is 12.6. The number of fused-ring (bicyclic) bond motifs is 1. The molecule has 3 heteroatoms. The summed E-state index contributed by atoms with van der Waals surface area (Å²) in [6.07, 6.45) is 4.56. The van der Waals surface area contributed by atoms with Crippen LogP contribution in [0.4, 0.5) is 11.5 Å². The van der Waals surface area contributed by atoms with E-state index in [4.69, 9.17) is 4.98 Å². The van der Waals surface area contributed by atoms with Crippen molar-refractivity contribution in [2.45, 2.75) is 39.7 Å². The number of pyridine rings is 1. The molecule has 0 atom stereocenters. The molecule has 1 aromatic carbocycles. The number of hydrogen-bond donors (Lipinski definition) is 1. The third kappa shape index (κ3) is 2.33. The first-order valence-corrected chi connectivity index (χ1v) is 7.56. The predicted molar refractivity (Wildman–Crippen MR) is 86.7 cm³/mol. The van der Waals surface area contributed by atoms with Crippen LogP contribution < -0.4 is 10.2 Å². The first kappa shape index (κ1) is 13.2. The minimum absolute atomic E-state index is 0.414. The fourth-order valence-electron chi connectivity index (χ4n) is 3.07. The van der Waals surface area contributed by atoms with E-state index in [1.54, 1.807) is 0 Å². The van der Waals surface area contributed by atoms with Crippen LogP contribution in [-0.4, -0.2) is 24.1 Å². The maximum absolute atomic E-state index is 4.75. The van der Waals surface area contributed by atoms with E-state index in [-0.39, 0.29) is 0 Å². The average Bonchev–Trinajstić information content (AvgIpc) is 2.92. The third-order valence-corrected chi connectivity index (χ3v) is 3.95. The Bertz CT molecular complexity index is 613. The second kappa shape index (κ2) is 5.31. The van der Waals surface area contributed by atoms with Crippen LogP contribution in [0, 0.1) is 6.92 Å². The van der Waals surface area contributed by atoms with Gasteiger partial charge in [-0.3, -0.25) is 0 Å². The van der Waals surface area contributed by atoms with Gasteiger partial charge < -0.3 is 10.2 Å². The summed E-state index contributed by atoms with van der Waals surface area (Å²) in [5.74, 6) is 1.15. The van der Waals surface area contributed by atoms with Crippen LogP contribution >= 0.6 is 0 Å². The molecule has 0 aliphatic carbocycles. The van der Waals surface area contributed by atoms with Gasteiger partial charge in [-0.2, -0.15) is 0 Å². The topological polar surface area (TPSA) is 28.2 Å². The summed E-state index contributed by atoms with van der Waals surface area (Å²) in [7, 11) is 0. The van der Waals surface area contributed by atoms with Gasteiger partial charge in [0.05, 0.1) is 11.9 Å². The molecular weight excluding hydrogens is 246 g/mol. The average molecular weight is 269 g/mol. The molecule has 1 aromatic heterocycles. The van der Waals surface area contributed by atoms with Gasteiger partial charge in [-0.15, -0.1) is 0 Å². The fraction of sp³-hybridized carbons (Fsp3) is 0.471. The van der Waals surface area contributed by atoms with E-state index in [0.717, 1.165) is 24.6 Å². The Labute approximate surface area is 121 Å². The molecule has 3 nitrogen and oxygen atoms in total. The van der Waals surface area contributed by atoms with Gasteiger partial charge in [0.2, 0.25) is 0 Å². The van der Waals surface area contributed by atoms with Crippen LogP contribution in [-0.2, 0) is 0 Å². The molecular formula is C17H23N3. The molecule has 106 valence electrons. The van der Waals surface area contributed by atoms with Crippen LogP contribution in [0.1, 0.15) is 32.3 Å². The maximum Gasteiger partial charge on any atom is 0.136 e. The van der Waals surface area contributed by atoms with Crippen molar-refractivity contribution < 1.29 is 0 Å². The molecule has 0 spiro atoms. The Kier molecular flexibility index (Phi) is 3.51. The minimum atomic E-state index is 0.414. The molecule has 0 radical (unpaired) electrons. The number of aryl methyl sites for hydroxylation is 1. The third-order valence-electron chi connectivity index (χ3n) is 3.95. The van der Waals surface area contributed by atoms with Gasteiger partial charge in [-0.1, -0.05) is 18.2 Å². The number of anilines is 2. The van der Waals surface area contributed by atoms with Crippen molar-refractivity contribution in [2.24, 2.45) is 0 Å². The number of hydrogen-bond acceptors (Lipinski definition) is 3. The van der Waals surface area contributed by atoms with Gasteiger partial charge >= 0.3 is 0 Å². The monoisotopic (exact) mass is 269 g/mol. The molecule has 0 saturated carbocycles. The Morgan fingerprint density at radius 3 is 2.65 bits per heavy atom. The molecule has 1 aliphatic rings. The van der Waals surface area contributed by atoms with Crippen molar-refractivity contribution in [3.63, 3.8) is 0 Å². The number of nitrogens with one attached hydrogen (secondary N) is 1. The van der Waals surface area contributed by atoms with E-state index in [1.807, 2.05) is 6.20 Å². The number of aromatic nitrogens is 1. The Hall–Kier alpha value is -1.77. The summed E-state index contributed by atoms with van der Waals surface area (Å²) in [4.78, 5) is 7.16. The van der Waals surface area contributed by atoms with E-state index in [0.29, 0.717) is 6.04 Å². The highest BCUT2D eigenvalue weighted by atomic mass is 15.2. The second-order valence-electron chi connectivity index (χ2n) is 5.99. The number of benzene rings is 1. The quantitative estimate of drug-likeness (QED) is 0.914. The molecule has 0 bridgehead atoms. The Balaban J connectivity index is 2.17. The summed E-state index contributed by atoms with van der Waals surface area (Å²) < 4.78 is 0. The first-order valence-electron chi connectivity index (χ1n) is 7.56. The predicted octanol–water partition coefficient (Wildman–Crippen LogP) is 3.96. The number of nitrogens with zero attached hydrogens (tertiary/aromatic N) is 2. The van der Waals surface area contributed by atoms with E-state index >= 15 is 0 Å². The largest absolute Gasteiger partial charge is 0.381 e. The summed E-state index contributed by atoms with van der Waals surface area (Å²) in [6, 6.07) is 6.94. The van der Waals surface area contributed by atoms with Crippen LogP contribution in [0.5, 0.6) is 0 Å². The fourth-order valence-corrected chi connectivity index (χ4v) is 3.07. The summed E-state index contributed by atoms with van der Waals surface area (Å²) in [6.45, 7) is 8.78. The van der Waals surface area contributed by atoms with Gasteiger partial charge in [0.1, 0.15) is 5.82 Å². The highest BCUT2D eigenvalue weighted by Gasteiger charge is 2.18. The van der Waals surface area contributed by atoms with Gasteiger partial charge in [-0.25, -0.2) is 4.98 Å². The molecule has 2 aromatic rings. The Morgan fingerprint density at radius 2 is 1.95 bits per heavy atom. The molecule has 1 saturated heterocycles. The van der Waals surface area contributed by atoms with Crippen molar-refractivity contribution in [1.82, 2.24) is 4.98 Å². The maximum atomic E-state index is 4.75. The molecule has 20 heavy (non-hydrogen) atoms. The van der Waals surface area contributed by atoms with Crippen LogP contribution in [0.3, 0.4) is 0 Å². The zero-order valence-corrected chi connectivity index (χ0v) is 12.6. The molecule has 3 rings (SSSR count). The lowest BCUT2D eigenvalue weighted by atomic mass is 10.0. The lowest BCUT2D eigenvalue weighted by molar-refractivity contribution is 0.897. The van der Waals surface area contributed by atoms with E-state index in [2.05, 4.69) is 49.2 Å². The standard InChI is InChI=1S/C17H23N3/c1-12(2)19-15-11-18-17(20-9-4-5-10-20)14-8-6-7-13(3)16(14)15/h6-8,11-12,19H,4-5,9-10H2,1-3H3. The van der Waals surface area contributed by atoms with E-state index in [9.17, 15) is 0 Å². The van der Waals surface area contributed by atoms with Gasteiger partial charge in [0.25, 0.3) is 0 Å². The van der Waals surface area contributed by atoms with E-state index in [1.165, 1.54) is 29.2 Å². The first-order chi connectivity index (χ1) is 9.66. The smallest absolute Gasteiger partial charge is 0.136 e. The van der Waals surface area contributed by atoms with Crippen molar-refractivity contribution in [2.75, 3.05) is 23.3 Å². The lowest BCUT2D eigenvalue weighted by Gasteiger charge is -2.21. The molecule has 1 fully saturated rings. The zero-order chi connectivity index (χ0) is 14.1. The summed E-state index contributed by atoms with van der Waals surface area (Å²) >= 11 is 0. The highest BCUT2D eigenvalue weighted by molar-refractivity contribution is 6.02. The van der Waals surface area contributed by atoms with Gasteiger partial charge in [0.15, 0.2) is 0 Å². The van der Waals surface area contributed by atoms with Crippen LogP contribution in [0.2, 0.25) is 0 Å². The molecule has 1 aliphatic heterocycles. The minimum Gasteiger partial charge on any atom is -0.381 e. The van der Waals surface area contributed by atoms with Crippen molar-refractivity contribution >= 4 is 22.3 Å². The van der Waals surface area contributed by atoms with Gasteiger partial charge in [-0.05, 0) is 39.2 Å². The summed E-state index contributed by atoms with van der Waals surface area (Å²) in [5.41, 5.74) is 2.46. The van der Waals surface area contributed by atoms with E-state index < -0.39 is 0 Å². The normalized spacial score (nSPS) is 15.3. The SMILES string of the molecule is Cc1cccc2c(N3CCCC3)ncc(NC(C)C)c12. The lowest BCUT2D eigenvalue weighted by Crippen LogP contribution is -2.20. The number of rotatable bonds is 3. The molecule has 0 unspecified atom stereocenters. The molecule has 0 amide bonds. The van der Waals surface area contributed by atoms with Gasteiger partial charge in [0, 0.05) is 29.9 Å². The Morgan fingerprint density at radius 1 is 1.20 bits per heavy atom. The summed E-state index contributed by atoms with van der Waals surface area (Å²) in [5, 5.41) is 6.12. The van der Waals surface area contributed by atoms with Crippen molar-refractivity contribution in [3.8, 4) is 0 Å². The molecule has 1 N–H and O–H groups in total.